The van der Waals surface area contributed by atoms with Gasteiger partial charge in [0.05, 0.1) is 16.1 Å². The molecule has 0 fully saturated rings. The summed E-state index contributed by atoms with van der Waals surface area (Å²) >= 11 is 0. The number of nitrogens with zero attached hydrogens (tertiary/aromatic N) is 1. The molecule has 1 aromatic carbocycles. The van der Waals surface area contributed by atoms with E-state index in [1.54, 1.807) is 10.8 Å². The van der Waals surface area contributed by atoms with Crippen molar-refractivity contribution in [3.8, 4) is 0 Å². The van der Waals surface area contributed by atoms with Gasteiger partial charge < -0.3 is 0 Å². The van der Waals surface area contributed by atoms with Crippen molar-refractivity contribution in [2.24, 2.45) is 5.92 Å². The van der Waals surface area contributed by atoms with E-state index in [1.807, 2.05) is 5.57 Å². The summed E-state index contributed by atoms with van der Waals surface area (Å²) in [7, 11) is -2.72. The molecule has 196 valence electrons. The molecular weight excluding hydrogens is 455 g/mol. The molecule has 2 atom stereocenters. The minimum atomic E-state index is -1.38. The van der Waals surface area contributed by atoms with Crippen LogP contribution in [0.15, 0.2) is 52.8 Å². The van der Waals surface area contributed by atoms with E-state index < -0.39 is 16.1 Å². The first-order chi connectivity index (χ1) is 16.6. The van der Waals surface area contributed by atoms with Gasteiger partial charge in [0.2, 0.25) is 0 Å². The van der Waals surface area contributed by atoms with Gasteiger partial charge in [-0.25, -0.2) is 0 Å². The molecule has 35 heavy (non-hydrogen) atoms. The molecule has 1 aliphatic carbocycles. The van der Waals surface area contributed by atoms with E-state index >= 15 is 0 Å². The van der Waals surface area contributed by atoms with E-state index in [1.165, 1.54) is 82.9 Å². The number of rotatable bonds is 13. The van der Waals surface area contributed by atoms with E-state index in [9.17, 15) is 0 Å². The van der Waals surface area contributed by atoms with Gasteiger partial charge in [-0.2, -0.15) is 0 Å². The fraction of sp³-hybridized carbons (Fsp3) is 0.688. The lowest BCUT2D eigenvalue weighted by atomic mass is 9.90. The van der Waals surface area contributed by atoms with Gasteiger partial charge in [0.25, 0.3) is 0 Å². The van der Waals surface area contributed by atoms with Crippen LogP contribution in [0.2, 0.25) is 44.8 Å². The number of unbranched alkanes of at least 4 members (excludes halogenated alkanes) is 7. The SMILES string of the molecule is CCCCCCCCCC[C@@H]1CC=C([Si](C)(C)C)C2=C(CN(Cc3ccccc3)C2)[C@H]1[Si](C)(C)C. The molecule has 0 aromatic heterocycles. The fourth-order valence-corrected chi connectivity index (χ4v) is 11.7. The summed E-state index contributed by atoms with van der Waals surface area (Å²) in [6, 6.07) is 11.1. The summed E-state index contributed by atoms with van der Waals surface area (Å²) < 4.78 is 0. The third-order valence-electron chi connectivity index (χ3n) is 8.38. The van der Waals surface area contributed by atoms with E-state index in [-0.39, 0.29) is 0 Å². The van der Waals surface area contributed by atoms with Crippen LogP contribution < -0.4 is 0 Å². The molecule has 0 saturated carbocycles. The third-order valence-corrected chi connectivity index (χ3v) is 13.2. The van der Waals surface area contributed by atoms with Crippen molar-refractivity contribution < 1.29 is 0 Å². The van der Waals surface area contributed by atoms with Crippen LogP contribution in [0.25, 0.3) is 0 Å². The second-order valence-corrected chi connectivity index (χ2v) is 24.0. The molecule has 2 aliphatic rings. The quantitative estimate of drug-likeness (QED) is 0.189. The Hall–Kier alpha value is -0.906. The molecule has 0 bridgehead atoms. The van der Waals surface area contributed by atoms with Gasteiger partial charge in [-0.3, -0.25) is 4.90 Å². The summed E-state index contributed by atoms with van der Waals surface area (Å²) in [5.41, 5.74) is 5.96. The van der Waals surface area contributed by atoms with Crippen molar-refractivity contribution in [1.29, 1.82) is 0 Å². The van der Waals surface area contributed by atoms with Crippen LogP contribution in [0.1, 0.15) is 76.7 Å². The molecule has 0 N–H and O–H groups in total. The fourth-order valence-electron chi connectivity index (χ4n) is 6.84. The Balaban J connectivity index is 1.75. The van der Waals surface area contributed by atoms with Crippen LogP contribution in [-0.2, 0) is 6.54 Å². The topological polar surface area (TPSA) is 3.24 Å². The Morgan fingerprint density at radius 2 is 1.43 bits per heavy atom. The number of hydrogen-bond acceptors (Lipinski definition) is 1. The van der Waals surface area contributed by atoms with Crippen molar-refractivity contribution in [2.75, 3.05) is 13.1 Å². The molecular formula is C32H55NSi2. The van der Waals surface area contributed by atoms with Crippen molar-refractivity contribution in [1.82, 2.24) is 4.90 Å². The molecule has 0 radical (unpaired) electrons. The molecule has 0 spiro atoms. The van der Waals surface area contributed by atoms with Crippen molar-refractivity contribution in [3.63, 3.8) is 0 Å². The molecule has 3 heteroatoms. The lowest BCUT2D eigenvalue weighted by Gasteiger charge is -2.37. The zero-order valence-corrected chi connectivity index (χ0v) is 26.3. The van der Waals surface area contributed by atoms with Gasteiger partial charge in [-0.05, 0) is 35.4 Å². The van der Waals surface area contributed by atoms with Crippen molar-refractivity contribution in [3.05, 3.63) is 58.3 Å². The highest BCUT2D eigenvalue weighted by Crippen LogP contribution is 2.49. The van der Waals surface area contributed by atoms with Crippen LogP contribution in [-0.4, -0.2) is 34.1 Å². The predicted molar refractivity (Wildman–Crippen MR) is 163 cm³/mol. The number of hydrogen-bond donors (Lipinski definition) is 0. The maximum absolute atomic E-state index is 2.75. The van der Waals surface area contributed by atoms with E-state index in [0.29, 0.717) is 0 Å². The van der Waals surface area contributed by atoms with Crippen LogP contribution >= 0.6 is 0 Å². The first-order valence-corrected chi connectivity index (χ1v) is 21.9. The average molecular weight is 510 g/mol. The van der Waals surface area contributed by atoms with Crippen LogP contribution in [0.5, 0.6) is 0 Å². The van der Waals surface area contributed by atoms with Gasteiger partial charge in [0.1, 0.15) is 0 Å². The first-order valence-electron chi connectivity index (χ1n) is 14.8. The molecule has 1 aromatic rings. The van der Waals surface area contributed by atoms with Gasteiger partial charge in [-0.15, -0.1) is 0 Å². The lowest BCUT2D eigenvalue weighted by Crippen LogP contribution is -2.36. The number of allylic oxidation sites excluding steroid dienone is 1. The minimum Gasteiger partial charge on any atom is -0.291 e. The second-order valence-electron chi connectivity index (χ2n) is 13.6. The third kappa shape index (κ3) is 8.30. The van der Waals surface area contributed by atoms with Crippen LogP contribution in [0.3, 0.4) is 0 Å². The van der Waals surface area contributed by atoms with Gasteiger partial charge in [0.15, 0.2) is 0 Å². The Bertz CT molecular complexity index is 841. The van der Waals surface area contributed by atoms with Crippen LogP contribution in [0.4, 0.5) is 0 Å². The van der Waals surface area contributed by atoms with E-state index in [0.717, 1.165) is 18.0 Å². The zero-order chi connectivity index (χ0) is 25.5. The normalized spacial score (nSPS) is 21.7. The molecule has 0 saturated heterocycles. The highest BCUT2D eigenvalue weighted by atomic mass is 28.3. The highest BCUT2D eigenvalue weighted by molar-refractivity contribution is 6.84. The zero-order valence-electron chi connectivity index (χ0n) is 24.3. The van der Waals surface area contributed by atoms with Gasteiger partial charge in [0, 0.05) is 19.6 Å². The molecule has 0 amide bonds. The summed E-state index contributed by atoms with van der Waals surface area (Å²) in [6.07, 6.45) is 17.0. The van der Waals surface area contributed by atoms with E-state index in [4.69, 9.17) is 0 Å². The summed E-state index contributed by atoms with van der Waals surface area (Å²) in [4.78, 5) is 2.75. The standard InChI is InChI=1S/C32H55NSi2/c1-8-9-10-11-12-13-14-18-21-28-22-23-31(34(2,3)4)29-25-33(24-27-19-16-15-17-20-27)26-30(29)32(28)35(5,6)7/h15-17,19-20,23,28,32H,8-14,18,21-22,24-26H2,1-7H3/t28-,32+/m1/s1. The molecule has 1 heterocycles. The van der Waals surface area contributed by atoms with Gasteiger partial charge >= 0.3 is 0 Å². The largest absolute Gasteiger partial charge is 0.291 e. The lowest BCUT2D eigenvalue weighted by molar-refractivity contribution is 0.330. The smallest absolute Gasteiger partial charge is 0.0776 e. The summed E-state index contributed by atoms with van der Waals surface area (Å²) in [5, 5.41) is 1.80. The monoisotopic (exact) mass is 509 g/mol. The maximum atomic E-state index is 2.75. The Morgan fingerprint density at radius 3 is 2.03 bits per heavy atom. The predicted octanol–water partition coefficient (Wildman–Crippen LogP) is 9.86. The Morgan fingerprint density at radius 1 is 0.800 bits per heavy atom. The maximum Gasteiger partial charge on any atom is 0.0776 e. The average Bonchev–Trinajstić information content (AvgIpc) is 3.08. The minimum absolute atomic E-state index is 0.841. The van der Waals surface area contributed by atoms with Gasteiger partial charge in [-0.1, -0.05) is 145 Å². The highest BCUT2D eigenvalue weighted by Gasteiger charge is 2.43. The van der Waals surface area contributed by atoms with Crippen molar-refractivity contribution >= 4 is 16.1 Å². The van der Waals surface area contributed by atoms with Crippen molar-refractivity contribution in [2.45, 2.75) is 122 Å². The summed E-state index contributed by atoms with van der Waals surface area (Å²) in [6.45, 7) is 21.5. The number of benzene rings is 1. The second kappa shape index (κ2) is 13.1. The molecule has 3 rings (SSSR count). The van der Waals surface area contributed by atoms with E-state index in [2.05, 4.69) is 87.5 Å². The Labute approximate surface area is 220 Å². The molecule has 0 unspecified atom stereocenters. The summed E-state index contributed by atoms with van der Waals surface area (Å²) in [5.74, 6) is 0.859. The van der Waals surface area contributed by atoms with Crippen LogP contribution in [0, 0.1) is 5.92 Å². The molecule has 1 aliphatic heterocycles. The Kier molecular flexibility index (Phi) is 10.7. The molecule has 1 nitrogen and oxygen atoms in total. The first kappa shape index (κ1) is 28.7.